The van der Waals surface area contributed by atoms with Crippen molar-refractivity contribution in [3.63, 3.8) is 0 Å². The lowest BCUT2D eigenvalue weighted by Crippen LogP contribution is -2.46. The highest BCUT2D eigenvalue weighted by atomic mass is 16.5. The number of nitrogens with one attached hydrogen (secondary N) is 1. The average Bonchev–Trinajstić information content (AvgIpc) is 3.26. The SMILES string of the molecule is Cc1ccoc1C(=O)NC1CCN(C(=O)c2ccc(Oc3ccc(C(N)=O)cc3)cc2)CC1. The van der Waals surface area contributed by atoms with Gasteiger partial charge in [0.15, 0.2) is 5.76 Å². The molecule has 1 aliphatic heterocycles. The highest BCUT2D eigenvalue weighted by Crippen LogP contribution is 2.23. The summed E-state index contributed by atoms with van der Waals surface area (Å²) in [5.41, 5.74) is 7.02. The third-order valence-corrected chi connectivity index (χ3v) is 5.66. The first-order chi connectivity index (χ1) is 15.9. The zero-order valence-electron chi connectivity index (χ0n) is 18.2. The number of carbonyl (C=O) groups excluding carboxylic acids is 3. The molecule has 3 aromatic rings. The molecule has 1 saturated heterocycles. The summed E-state index contributed by atoms with van der Waals surface area (Å²) in [6.07, 6.45) is 2.86. The Balaban J connectivity index is 1.29. The molecular weight excluding hydrogens is 422 g/mol. The van der Waals surface area contributed by atoms with Crippen molar-refractivity contribution in [3.8, 4) is 11.5 Å². The Labute approximate surface area is 191 Å². The summed E-state index contributed by atoms with van der Waals surface area (Å²) >= 11 is 0. The van der Waals surface area contributed by atoms with Crippen LogP contribution in [0.15, 0.2) is 65.3 Å². The normalized spacial score (nSPS) is 14.0. The first-order valence-electron chi connectivity index (χ1n) is 10.7. The molecule has 8 nitrogen and oxygen atoms in total. The Hall–Kier alpha value is -4.07. The minimum absolute atomic E-state index is 0.00257. The van der Waals surface area contributed by atoms with Gasteiger partial charge >= 0.3 is 0 Å². The van der Waals surface area contributed by atoms with Crippen molar-refractivity contribution >= 4 is 17.7 Å². The molecule has 1 fully saturated rings. The molecule has 1 aliphatic rings. The van der Waals surface area contributed by atoms with E-state index in [1.165, 1.54) is 6.26 Å². The van der Waals surface area contributed by atoms with E-state index in [9.17, 15) is 14.4 Å². The monoisotopic (exact) mass is 447 g/mol. The number of hydrogen-bond donors (Lipinski definition) is 2. The van der Waals surface area contributed by atoms with Gasteiger partial charge in [-0.05, 0) is 74.4 Å². The van der Waals surface area contributed by atoms with E-state index in [2.05, 4.69) is 5.32 Å². The fraction of sp³-hybridized carbons (Fsp3) is 0.240. The summed E-state index contributed by atoms with van der Waals surface area (Å²) < 4.78 is 11.0. The van der Waals surface area contributed by atoms with Gasteiger partial charge in [-0.15, -0.1) is 0 Å². The summed E-state index contributed by atoms with van der Waals surface area (Å²) in [4.78, 5) is 38.1. The lowest BCUT2D eigenvalue weighted by atomic mass is 10.0. The smallest absolute Gasteiger partial charge is 0.287 e. The third kappa shape index (κ3) is 5.23. The minimum atomic E-state index is -0.497. The van der Waals surface area contributed by atoms with Crippen molar-refractivity contribution in [2.45, 2.75) is 25.8 Å². The first-order valence-corrected chi connectivity index (χ1v) is 10.7. The van der Waals surface area contributed by atoms with Crippen molar-refractivity contribution < 1.29 is 23.5 Å². The lowest BCUT2D eigenvalue weighted by molar-refractivity contribution is 0.0695. The number of hydrogen-bond acceptors (Lipinski definition) is 5. The van der Waals surface area contributed by atoms with Crippen LogP contribution in [0.2, 0.25) is 0 Å². The number of furan rings is 1. The molecule has 33 heavy (non-hydrogen) atoms. The largest absolute Gasteiger partial charge is 0.459 e. The molecule has 4 rings (SSSR count). The number of amides is 3. The molecule has 8 heteroatoms. The van der Waals surface area contributed by atoms with Crippen LogP contribution in [0.25, 0.3) is 0 Å². The molecule has 0 bridgehead atoms. The van der Waals surface area contributed by atoms with Crippen molar-refractivity contribution in [1.82, 2.24) is 10.2 Å². The van der Waals surface area contributed by atoms with E-state index in [0.29, 0.717) is 54.3 Å². The van der Waals surface area contributed by atoms with Crippen LogP contribution in [-0.2, 0) is 0 Å². The molecular formula is C25H25N3O5. The van der Waals surface area contributed by atoms with Crippen LogP contribution >= 0.6 is 0 Å². The van der Waals surface area contributed by atoms with E-state index in [0.717, 1.165) is 5.56 Å². The molecule has 2 aromatic carbocycles. The minimum Gasteiger partial charge on any atom is -0.459 e. The van der Waals surface area contributed by atoms with Gasteiger partial charge in [0.05, 0.1) is 6.26 Å². The lowest BCUT2D eigenvalue weighted by Gasteiger charge is -2.32. The highest BCUT2D eigenvalue weighted by molar-refractivity contribution is 5.95. The highest BCUT2D eigenvalue weighted by Gasteiger charge is 2.26. The molecule has 3 amide bonds. The zero-order chi connectivity index (χ0) is 23.4. The standard InChI is InChI=1S/C25H25N3O5/c1-16-12-15-32-22(16)24(30)27-19-10-13-28(14-11-19)25(31)18-4-8-21(9-5-18)33-20-6-2-17(3-7-20)23(26)29/h2-9,12,15,19H,10-11,13-14H2,1H3,(H2,26,29)(H,27,30). The summed E-state index contributed by atoms with van der Waals surface area (Å²) in [7, 11) is 0. The maximum Gasteiger partial charge on any atom is 0.287 e. The second-order valence-corrected chi connectivity index (χ2v) is 7.99. The number of nitrogens with zero attached hydrogens (tertiary/aromatic N) is 1. The third-order valence-electron chi connectivity index (χ3n) is 5.66. The average molecular weight is 447 g/mol. The molecule has 0 spiro atoms. The molecule has 0 atom stereocenters. The number of primary amides is 1. The molecule has 0 unspecified atom stereocenters. The predicted octanol–water partition coefficient (Wildman–Crippen LogP) is 3.51. The van der Waals surface area contributed by atoms with E-state index in [1.807, 2.05) is 6.92 Å². The molecule has 3 N–H and O–H groups in total. The van der Waals surface area contributed by atoms with Gasteiger partial charge < -0.3 is 25.1 Å². The first kappa shape index (κ1) is 22.1. The van der Waals surface area contributed by atoms with Crippen LogP contribution in [0.3, 0.4) is 0 Å². The van der Waals surface area contributed by atoms with E-state index in [-0.39, 0.29) is 17.9 Å². The Bertz CT molecular complexity index is 1140. The summed E-state index contributed by atoms with van der Waals surface area (Å²) in [5, 5.41) is 2.99. The summed E-state index contributed by atoms with van der Waals surface area (Å²) in [5.74, 6) is 0.699. The Morgan fingerprint density at radius 1 is 0.939 bits per heavy atom. The van der Waals surface area contributed by atoms with E-state index >= 15 is 0 Å². The number of likely N-dealkylation sites (tertiary alicyclic amines) is 1. The fourth-order valence-corrected chi connectivity index (χ4v) is 3.75. The molecule has 0 radical (unpaired) electrons. The van der Waals surface area contributed by atoms with Crippen molar-refractivity contribution in [3.05, 3.63) is 83.3 Å². The maximum absolute atomic E-state index is 12.9. The van der Waals surface area contributed by atoms with Gasteiger partial charge in [-0.25, -0.2) is 0 Å². The molecule has 2 heterocycles. The van der Waals surface area contributed by atoms with Gasteiger partial charge in [0, 0.05) is 35.8 Å². The number of benzene rings is 2. The number of nitrogens with two attached hydrogens (primary N) is 1. The van der Waals surface area contributed by atoms with E-state index in [4.69, 9.17) is 14.9 Å². The van der Waals surface area contributed by atoms with Crippen molar-refractivity contribution in [2.75, 3.05) is 13.1 Å². The predicted molar refractivity (Wildman–Crippen MR) is 121 cm³/mol. The van der Waals surface area contributed by atoms with Gasteiger partial charge in [-0.2, -0.15) is 0 Å². The molecule has 1 aromatic heterocycles. The van der Waals surface area contributed by atoms with Gasteiger partial charge in [0.1, 0.15) is 11.5 Å². The summed E-state index contributed by atoms with van der Waals surface area (Å²) in [6.45, 7) is 2.95. The second kappa shape index (κ2) is 9.60. The number of ether oxygens (including phenoxy) is 1. The number of carbonyl (C=O) groups is 3. The Morgan fingerprint density at radius 2 is 1.52 bits per heavy atom. The molecule has 170 valence electrons. The number of aryl methyl sites for hydroxylation is 1. The molecule has 0 saturated carbocycles. The van der Waals surface area contributed by atoms with Crippen LogP contribution in [0.4, 0.5) is 0 Å². The quantitative estimate of drug-likeness (QED) is 0.600. The Morgan fingerprint density at radius 3 is 2.03 bits per heavy atom. The van der Waals surface area contributed by atoms with Gasteiger partial charge in [-0.1, -0.05) is 0 Å². The summed E-state index contributed by atoms with van der Waals surface area (Å²) in [6, 6.07) is 15.2. The van der Waals surface area contributed by atoms with E-state index in [1.54, 1.807) is 59.5 Å². The maximum atomic E-state index is 12.9. The van der Waals surface area contributed by atoms with Crippen molar-refractivity contribution in [2.24, 2.45) is 5.73 Å². The van der Waals surface area contributed by atoms with Gasteiger partial charge in [0.25, 0.3) is 11.8 Å². The number of rotatable bonds is 6. The second-order valence-electron chi connectivity index (χ2n) is 7.99. The topological polar surface area (TPSA) is 115 Å². The van der Waals surface area contributed by atoms with Crippen LogP contribution in [0, 0.1) is 6.92 Å². The van der Waals surface area contributed by atoms with Crippen molar-refractivity contribution in [1.29, 1.82) is 0 Å². The van der Waals surface area contributed by atoms with Gasteiger partial charge in [-0.3, -0.25) is 14.4 Å². The number of piperidine rings is 1. The van der Waals surface area contributed by atoms with Crippen LogP contribution < -0.4 is 15.8 Å². The molecule has 0 aliphatic carbocycles. The zero-order valence-corrected chi connectivity index (χ0v) is 18.2. The van der Waals surface area contributed by atoms with Crippen LogP contribution in [0.1, 0.15) is 49.7 Å². The fourth-order valence-electron chi connectivity index (χ4n) is 3.75. The van der Waals surface area contributed by atoms with Crippen LogP contribution in [-0.4, -0.2) is 41.8 Å². The van der Waals surface area contributed by atoms with Gasteiger partial charge in [0.2, 0.25) is 5.91 Å². The Kier molecular flexibility index (Phi) is 6.44. The van der Waals surface area contributed by atoms with E-state index < -0.39 is 5.91 Å². The van der Waals surface area contributed by atoms with Crippen LogP contribution in [0.5, 0.6) is 11.5 Å².